The number of benzene rings is 1. The van der Waals surface area contributed by atoms with E-state index in [2.05, 4.69) is 32.9 Å². The number of amides is 2. The fraction of sp³-hybridized carbons (Fsp3) is 0.412. The molecule has 3 nitrogen and oxygen atoms in total. The first-order chi connectivity index (χ1) is 9.39. The maximum Gasteiger partial charge on any atom is 0.254 e. The van der Waals surface area contributed by atoms with Gasteiger partial charge in [0.1, 0.15) is 0 Å². The van der Waals surface area contributed by atoms with Crippen LogP contribution in [-0.4, -0.2) is 16.7 Å². The molecule has 0 saturated heterocycles. The van der Waals surface area contributed by atoms with Crippen LogP contribution in [-0.2, 0) is 21.4 Å². The standard InChI is InChI=1S/C17H19NO2/c1-17(2,3)13-6-4-5-12-11(13)7-8-14(12)18-15(19)9-10-16(18)20/h4-6,9-10,14H,7-8H2,1-3H3/t14-/m0/s1. The fourth-order valence-electron chi connectivity index (χ4n) is 3.32. The number of nitrogens with zero attached hydrogens (tertiary/aromatic N) is 1. The summed E-state index contributed by atoms with van der Waals surface area (Å²) < 4.78 is 0. The largest absolute Gasteiger partial charge is 0.269 e. The van der Waals surface area contributed by atoms with E-state index in [1.54, 1.807) is 0 Å². The maximum atomic E-state index is 11.9. The lowest BCUT2D eigenvalue weighted by molar-refractivity contribution is -0.139. The van der Waals surface area contributed by atoms with Gasteiger partial charge in [0.25, 0.3) is 11.8 Å². The van der Waals surface area contributed by atoms with Crippen molar-refractivity contribution < 1.29 is 9.59 Å². The van der Waals surface area contributed by atoms with Crippen LogP contribution < -0.4 is 0 Å². The predicted octanol–water partition coefficient (Wildman–Crippen LogP) is 2.90. The quantitative estimate of drug-likeness (QED) is 0.735. The number of imide groups is 1. The highest BCUT2D eigenvalue weighted by Gasteiger charge is 2.37. The summed E-state index contributed by atoms with van der Waals surface area (Å²) in [6.45, 7) is 6.59. The monoisotopic (exact) mass is 269 g/mol. The van der Waals surface area contributed by atoms with Crippen molar-refractivity contribution in [3.63, 3.8) is 0 Å². The van der Waals surface area contributed by atoms with Crippen LogP contribution >= 0.6 is 0 Å². The SMILES string of the molecule is CC(C)(C)c1cccc2c1CC[C@@H]2N1C(=O)C=CC1=O. The van der Waals surface area contributed by atoms with Crippen molar-refractivity contribution in [2.45, 2.75) is 45.1 Å². The molecule has 1 aliphatic heterocycles. The maximum absolute atomic E-state index is 11.9. The zero-order chi connectivity index (χ0) is 14.5. The third-order valence-electron chi connectivity index (χ3n) is 4.20. The van der Waals surface area contributed by atoms with E-state index in [0.29, 0.717) is 0 Å². The second kappa shape index (κ2) is 4.30. The first-order valence-corrected chi connectivity index (χ1v) is 7.07. The molecule has 0 unspecified atom stereocenters. The molecule has 0 saturated carbocycles. The highest BCUT2D eigenvalue weighted by Crippen LogP contribution is 2.41. The van der Waals surface area contributed by atoms with E-state index >= 15 is 0 Å². The molecule has 20 heavy (non-hydrogen) atoms. The number of hydrogen-bond acceptors (Lipinski definition) is 2. The van der Waals surface area contributed by atoms with Gasteiger partial charge >= 0.3 is 0 Å². The van der Waals surface area contributed by atoms with Crippen molar-refractivity contribution in [1.82, 2.24) is 4.90 Å². The van der Waals surface area contributed by atoms with E-state index in [4.69, 9.17) is 0 Å². The fourth-order valence-corrected chi connectivity index (χ4v) is 3.32. The topological polar surface area (TPSA) is 37.4 Å². The van der Waals surface area contributed by atoms with Gasteiger partial charge in [-0.05, 0) is 34.9 Å². The Kier molecular flexibility index (Phi) is 2.82. The number of carbonyl (C=O) groups is 2. The molecule has 0 aromatic heterocycles. The summed E-state index contributed by atoms with van der Waals surface area (Å²) in [5.41, 5.74) is 3.86. The van der Waals surface area contributed by atoms with Gasteiger partial charge in [-0.2, -0.15) is 0 Å². The summed E-state index contributed by atoms with van der Waals surface area (Å²) in [5.74, 6) is -0.372. The van der Waals surface area contributed by atoms with Gasteiger partial charge in [0.2, 0.25) is 0 Å². The van der Waals surface area contributed by atoms with E-state index < -0.39 is 0 Å². The Balaban J connectivity index is 2.04. The van der Waals surface area contributed by atoms with Crippen LogP contribution in [0.4, 0.5) is 0 Å². The van der Waals surface area contributed by atoms with E-state index in [0.717, 1.165) is 18.4 Å². The second-order valence-electron chi connectivity index (χ2n) is 6.56. The molecule has 0 N–H and O–H groups in total. The van der Waals surface area contributed by atoms with Crippen LogP contribution in [0.1, 0.15) is 49.9 Å². The average molecular weight is 269 g/mol. The minimum atomic E-state index is -0.186. The average Bonchev–Trinajstić information content (AvgIpc) is 2.92. The lowest BCUT2D eigenvalue weighted by Gasteiger charge is -2.25. The van der Waals surface area contributed by atoms with Gasteiger partial charge in [0, 0.05) is 12.2 Å². The van der Waals surface area contributed by atoms with Crippen LogP contribution in [0.25, 0.3) is 0 Å². The van der Waals surface area contributed by atoms with Crippen LogP contribution in [0.15, 0.2) is 30.4 Å². The number of rotatable bonds is 1. The Morgan fingerprint density at radius 2 is 1.75 bits per heavy atom. The van der Waals surface area contributed by atoms with Gasteiger partial charge in [-0.15, -0.1) is 0 Å². The minimum absolute atomic E-state index is 0.0809. The Bertz CT molecular complexity index is 604. The predicted molar refractivity (Wildman–Crippen MR) is 77.2 cm³/mol. The summed E-state index contributed by atoms with van der Waals surface area (Å²) in [6.07, 6.45) is 4.51. The van der Waals surface area contributed by atoms with Crippen molar-refractivity contribution >= 4 is 11.8 Å². The molecule has 0 spiro atoms. The summed E-state index contributed by atoms with van der Waals surface area (Å²) in [6, 6.07) is 6.16. The van der Waals surface area contributed by atoms with Gasteiger partial charge in [0.05, 0.1) is 6.04 Å². The third-order valence-corrected chi connectivity index (χ3v) is 4.20. The smallest absolute Gasteiger partial charge is 0.254 e. The van der Waals surface area contributed by atoms with Crippen LogP contribution in [0.5, 0.6) is 0 Å². The molecule has 1 aliphatic carbocycles. The lowest BCUT2D eigenvalue weighted by Crippen LogP contribution is -2.33. The normalized spacial score (nSPS) is 21.8. The van der Waals surface area contributed by atoms with Crippen molar-refractivity contribution in [3.8, 4) is 0 Å². The van der Waals surface area contributed by atoms with Crippen molar-refractivity contribution in [1.29, 1.82) is 0 Å². The summed E-state index contributed by atoms with van der Waals surface area (Å²) in [4.78, 5) is 25.2. The highest BCUT2D eigenvalue weighted by molar-refractivity contribution is 6.13. The molecular formula is C17H19NO2. The van der Waals surface area contributed by atoms with Crippen molar-refractivity contribution in [2.24, 2.45) is 0 Å². The molecule has 104 valence electrons. The van der Waals surface area contributed by atoms with Crippen LogP contribution in [0.2, 0.25) is 0 Å². The lowest BCUT2D eigenvalue weighted by atomic mass is 9.82. The molecule has 2 amide bonds. The van der Waals surface area contributed by atoms with Gasteiger partial charge < -0.3 is 0 Å². The number of fused-ring (bicyclic) bond motifs is 1. The Morgan fingerprint density at radius 1 is 1.10 bits per heavy atom. The number of hydrogen-bond donors (Lipinski definition) is 0. The van der Waals surface area contributed by atoms with E-state index in [1.807, 2.05) is 6.07 Å². The Hall–Kier alpha value is -1.90. The van der Waals surface area contributed by atoms with Crippen molar-refractivity contribution in [3.05, 3.63) is 47.0 Å². The molecule has 0 radical (unpaired) electrons. The molecule has 3 heteroatoms. The van der Waals surface area contributed by atoms with Gasteiger partial charge in [-0.3, -0.25) is 14.5 Å². The number of carbonyl (C=O) groups excluding carboxylic acids is 2. The van der Waals surface area contributed by atoms with Crippen LogP contribution in [0.3, 0.4) is 0 Å². The molecule has 1 heterocycles. The summed E-state index contributed by atoms with van der Waals surface area (Å²) in [7, 11) is 0. The zero-order valence-corrected chi connectivity index (χ0v) is 12.1. The molecule has 1 atom stereocenters. The minimum Gasteiger partial charge on any atom is -0.269 e. The van der Waals surface area contributed by atoms with Gasteiger partial charge in [-0.25, -0.2) is 0 Å². The van der Waals surface area contributed by atoms with E-state index in [1.165, 1.54) is 28.2 Å². The Labute approximate surface area is 119 Å². The first kappa shape index (κ1) is 13.1. The molecule has 0 bridgehead atoms. The third kappa shape index (κ3) is 1.89. The van der Waals surface area contributed by atoms with E-state index in [9.17, 15) is 9.59 Å². The molecular weight excluding hydrogens is 250 g/mol. The molecule has 1 aromatic rings. The highest BCUT2D eigenvalue weighted by atomic mass is 16.2. The first-order valence-electron chi connectivity index (χ1n) is 7.07. The zero-order valence-electron chi connectivity index (χ0n) is 12.1. The summed E-state index contributed by atoms with van der Waals surface area (Å²) >= 11 is 0. The van der Waals surface area contributed by atoms with Gasteiger partial charge in [0.15, 0.2) is 0 Å². The van der Waals surface area contributed by atoms with Gasteiger partial charge in [-0.1, -0.05) is 39.0 Å². The molecule has 2 aliphatic rings. The molecule has 1 aromatic carbocycles. The molecule has 3 rings (SSSR count). The van der Waals surface area contributed by atoms with Crippen molar-refractivity contribution in [2.75, 3.05) is 0 Å². The van der Waals surface area contributed by atoms with E-state index in [-0.39, 0.29) is 23.3 Å². The molecule has 0 fully saturated rings. The Morgan fingerprint density at radius 3 is 2.35 bits per heavy atom. The van der Waals surface area contributed by atoms with Crippen LogP contribution in [0, 0.1) is 0 Å². The summed E-state index contributed by atoms with van der Waals surface area (Å²) in [5, 5.41) is 0. The second-order valence-corrected chi connectivity index (χ2v) is 6.56.